The molecule has 0 atom stereocenters. The fourth-order valence-corrected chi connectivity index (χ4v) is 3.35. The Morgan fingerprint density at radius 3 is 1.69 bits per heavy atom. The molecule has 4 aromatic rings. The van der Waals surface area contributed by atoms with E-state index in [1.807, 2.05) is 83.4 Å². The van der Waals surface area contributed by atoms with Crippen molar-refractivity contribution >= 4 is 17.2 Å². The Balaban J connectivity index is 0.000000187. The smallest absolute Gasteiger partial charge is 0.245 e. The largest absolute Gasteiger partial charge is 0.381 e. The Kier molecular flexibility index (Phi) is 13.3. The normalized spacial score (nSPS) is 14.8. The van der Waals surface area contributed by atoms with Crippen LogP contribution < -0.4 is 4.90 Å². The molecule has 0 radical (unpaired) electrons. The minimum Gasteiger partial charge on any atom is -0.381 e. The fourth-order valence-electron chi connectivity index (χ4n) is 3.35. The summed E-state index contributed by atoms with van der Waals surface area (Å²) in [7, 11) is 0. The average Bonchev–Trinajstić information content (AvgIpc) is 3.56. The van der Waals surface area contributed by atoms with Gasteiger partial charge in [-0.15, -0.1) is 5.10 Å². The van der Waals surface area contributed by atoms with E-state index in [9.17, 15) is 0 Å². The van der Waals surface area contributed by atoms with Crippen LogP contribution >= 0.6 is 0 Å². The quantitative estimate of drug-likeness (QED) is 0.383. The van der Waals surface area contributed by atoms with E-state index in [4.69, 9.17) is 9.47 Å². The number of aryl methyl sites for hydroxylation is 1. The van der Waals surface area contributed by atoms with Crippen LogP contribution in [-0.2, 0) is 9.47 Å². The highest BCUT2D eigenvalue weighted by molar-refractivity contribution is 5.44. The third-order valence-corrected chi connectivity index (χ3v) is 4.95. The molecule has 0 bridgehead atoms. The summed E-state index contributed by atoms with van der Waals surface area (Å²) in [6, 6.07) is 11.7. The van der Waals surface area contributed by atoms with E-state index in [0.29, 0.717) is 0 Å². The van der Waals surface area contributed by atoms with Crippen molar-refractivity contribution in [3.8, 4) is 0 Å². The van der Waals surface area contributed by atoms with Crippen LogP contribution in [0, 0.1) is 6.92 Å². The van der Waals surface area contributed by atoms with E-state index in [0.717, 1.165) is 62.6 Å². The molecule has 2 saturated heterocycles. The highest BCUT2D eigenvalue weighted by Gasteiger charge is 2.15. The molecule has 0 spiro atoms. The van der Waals surface area contributed by atoms with E-state index >= 15 is 0 Å². The van der Waals surface area contributed by atoms with Crippen LogP contribution in [0.15, 0.2) is 48.8 Å². The molecular weight excluding hydrogens is 442 g/mol. The highest BCUT2D eigenvalue weighted by Crippen LogP contribution is 2.11. The van der Waals surface area contributed by atoms with E-state index in [1.54, 1.807) is 9.03 Å². The zero-order chi connectivity index (χ0) is 25.3. The van der Waals surface area contributed by atoms with Gasteiger partial charge in [0, 0.05) is 38.7 Å². The summed E-state index contributed by atoms with van der Waals surface area (Å²) < 4.78 is 13.9. The molecule has 9 heteroatoms. The average molecular weight is 484 g/mol. The van der Waals surface area contributed by atoms with E-state index in [1.165, 1.54) is 19.3 Å². The van der Waals surface area contributed by atoms with Gasteiger partial charge in [0.2, 0.25) is 5.95 Å². The Bertz CT molecular complexity index is 992. The molecule has 0 aromatic carbocycles. The first-order valence-electron chi connectivity index (χ1n) is 12.8. The van der Waals surface area contributed by atoms with Gasteiger partial charge in [0.05, 0.1) is 13.2 Å². The molecule has 0 unspecified atom stereocenters. The van der Waals surface area contributed by atoms with Gasteiger partial charge in [-0.25, -0.2) is 14.0 Å². The molecule has 192 valence electrons. The van der Waals surface area contributed by atoms with Gasteiger partial charge in [0.1, 0.15) is 5.82 Å². The monoisotopic (exact) mass is 483 g/mol. The van der Waals surface area contributed by atoms with Gasteiger partial charge in [-0.1, -0.05) is 39.8 Å². The van der Waals surface area contributed by atoms with Crippen LogP contribution in [0.4, 0.5) is 5.95 Å². The van der Waals surface area contributed by atoms with Crippen molar-refractivity contribution in [1.29, 1.82) is 0 Å². The number of hydrogen-bond acceptors (Lipinski definition) is 7. The Labute approximate surface area is 209 Å². The van der Waals surface area contributed by atoms with Crippen molar-refractivity contribution in [3.63, 3.8) is 0 Å². The Morgan fingerprint density at radius 1 is 0.657 bits per heavy atom. The van der Waals surface area contributed by atoms with Crippen molar-refractivity contribution in [1.82, 2.24) is 29.2 Å². The van der Waals surface area contributed by atoms with Gasteiger partial charge >= 0.3 is 0 Å². The lowest BCUT2D eigenvalue weighted by Gasteiger charge is -2.25. The predicted molar refractivity (Wildman–Crippen MR) is 141 cm³/mol. The molecule has 6 heterocycles. The van der Waals surface area contributed by atoms with Crippen LogP contribution in [0.25, 0.3) is 11.3 Å². The van der Waals surface area contributed by atoms with Gasteiger partial charge in [-0.2, -0.15) is 10.1 Å². The maximum Gasteiger partial charge on any atom is 0.245 e. The number of rotatable bonds is 1. The maximum atomic E-state index is 5.29. The molecule has 4 aromatic heterocycles. The summed E-state index contributed by atoms with van der Waals surface area (Å²) in [6.45, 7) is 15.1. The molecule has 2 aliphatic rings. The lowest BCUT2D eigenvalue weighted by Crippen LogP contribution is -2.36. The second kappa shape index (κ2) is 16.6. The van der Waals surface area contributed by atoms with Crippen molar-refractivity contribution < 1.29 is 9.47 Å². The van der Waals surface area contributed by atoms with E-state index in [2.05, 4.69) is 25.1 Å². The zero-order valence-electron chi connectivity index (χ0n) is 21.9. The molecule has 2 fully saturated rings. The Hall–Kier alpha value is -3.04. The van der Waals surface area contributed by atoms with Crippen LogP contribution in [0.1, 0.15) is 52.8 Å². The first-order chi connectivity index (χ1) is 17.3. The first kappa shape index (κ1) is 28.2. The molecule has 0 N–H and O–H groups in total. The third kappa shape index (κ3) is 9.26. The highest BCUT2D eigenvalue weighted by atomic mass is 16.5. The van der Waals surface area contributed by atoms with Crippen molar-refractivity contribution in [2.45, 2.75) is 53.9 Å². The summed E-state index contributed by atoms with van der Waals surface area (Å²) >= 11 is 0. The maximum absolute atomic E-state index is 5.29. The standard InChI is InChI=1S/C10H12N4O.C7H7N3.C5H10O.2C2H6/c1-2-4-14-9(3-1)11-10(12-14)13-5-7-15-8-6-13;1-6-8-7-4-2-3-5-10(7)9-6;1-2-4-6-5-3-1;2*1-2/h1-4H,5-8H2;2-5H,1H3;1-5H2;2*1-2H3. The van der Waals surface area contributed by atoms with Gasteiger partial charge in [0.15, 0.2) is 11.3 Å². The number of hydrogen-bond donors (Lipinski definition) is 0. The topological polar surface area (TPSA) is 82.1 Å². The van der Waals surface area contributed by atoms with Crippen LogP contribution in [0.2, 0.25) is 0 Å². The van der Waals surface area contributed by atoms with E-state index < -0.39 is 0 Å². The number of fused-ring (bicyclic) bond motifs is 2. The number of morpholine rings is 1. The van der Waals surface area contributed by atoms with Gasteiger partial charge < -0.3 is 14.4 Å². The zero-order valence-corrected chi connectivity index (χ0v) is 21.9. The van der Waals surface area contributed by atoms with Gasteiger partial charge in [0.25, 0.3) is 0 Å². The fraction of sp³-hybridized carbons (Fsp3) is 0.538. The molecule has 35 heavy (non-hydrogen) atoms. The van der Waals surface area contributed by atoms with E-state index in [-0.39, 0.29) is 0 Å². The second-order valence-corrected chi connectivity index (χ2v) is 7.35. The van der Waals surface area contributed by atoms with Crippen LogP contribution in [0.3, 0.4) is 0 Å². The number of pyridine rings is 2. The first-order valence-corrected chi connectivity index (χ1v) is 12.8. The van der Waals surface area contributed by atoms with Crippen molar-refractivity contribution in [3.05, 3.63) is 54.6 Å². The number of ether oxygens (including phenoxy) is 2. The molecule has 6 rings (SSSR count). The molecule has 0 saturated carbocycles. The van der Waals surface area contributed by atoms with Crippen molar-refractivity contribution in [2.75, 3.05) is 44.4 Å². The lowest BCUT2D eigenvalue weighted by atomic mass is 10.2. The minimum atomic E-state index is 0.759. The van der Waals surface area contributed by atoms with Crippen molar-refractivity contribution in [2.24, 2.45) is 0 Å². The summed E-state index contributed by atoms with van der Waals surface area (Å²) in [5.74, 6) is 1.61. The third-order valence-electron chi connectivity index (χ3n) is 4.95. The summed E-state index contributed by atoms with van der Waals surface area (Å²) in [5.41, 5.74) is 1.79. The summed E-state index contributed by atoms with van der Waals surface area (Å²) in [6.07, 6.45) is 7.72. The molecule has 0 amide bonds. The SMILES string of the molecule is C1CCOCC1.CC.CC.Cc1nc2ccccn2n1.c1ccn2nc(N3CCOCC3)nc2c1. The molecule has 0 aliphatic carbocycles. The number of anilines is 1. The van der Waals surface area contributed by atoms with Gasteiger partial charge in [-0.3, -0.25) is 0 Å². The lowest BCUT2D eigenvalue weighted by molar-refractivity contribution is 0.0968. The summed E-state index contributed by atoms with van der Waals surface area (Å²) in [5, 5.41) is 8.53. The second-order valence-electron chi connectivity index (χ2n) is 7.35. The Morgan fingerprint density at radius 2 is 1.20 bits per heavy atom. The van der Waals surface area contributed by atoms with Gasteiger partial charge in [-0.05, 0) is 50.5 Å². The predicted octanol–water partition coefficient (Wildman–Crippen LogP) is 4.84. The minimum absolute atomic E-state index is 0.759. The number of nitrogens with zero attached hydrogens (tertiary/aromatic N) is 7. The summed E-state index contributed by atoms with van der Waals surface area (Å²) in [4.78, 5) is 10.8. The molecular formula is C26H41N7O2. The van der Waals surface area contributed by atoms with Crippen LogP contribution in [-0.4, -0.2) is 68.7 Å². The number of aromatic nitrogens is 6. The van der Waals surface area contributed by atoms with Crippen LogP contribution in [0.5, 0.6) is 0 Å². The molecule has 9 nitrogen and oxygen atoms in total. The molecule has 2 aliphatic heterocycles.